The number of rotatable bonds is 8. The van der Waals surface area contributed by atoms with Crippen LogP contribution in [0.5, 0.6) is 0 Å². The monoisotopic (exact) mass is 610 g/mol. The van der Waals surface area contributed by atoms with Crippen LogP contribution in [-0.2, 0) is 23.0 Å². The summed E-state index contributed by atoms with van der Waals surface area (Å²) in [6.07, 6.45) is 7.64. The lowest BCUT2D eigenvalue weighted by Crippen LogP contribution is -2.29. The van der Waals surface area contributed by atoms with E-state index in [0.717, 1.165) is 47.5 Å². The summed E-state index contributed by atoms with van der Waals surface area (Å²) in [7, 11) is -3.68. The lowest BCUT2D eigenvalue weighted by atomic mass is 10.0. The summed E-state index contributed by atoms with van der Waals surface area (Å²) >= 11 is 0. The number of aromatic nitrogens is 6. The fourth-order valence-corrected chi connectivity index (χ4v) is 6.42. The van der Waals surface area contributed by atoms with Crippen molar-refractivity contribution in [1.29, 1.82) is 0 Å². The Morgan fingerprint density at radius 3 is 2.57 bits per heavy atom. The number of sulfonamides is 1. The molecule has 1 saturated heterocycles. The Morgan fingerprint density at radius 2 is 1.73 bits per heavy atom. The predicted molar refractivity (Wildman–Crippen MR) is 168 cm³/mol. The normalized spacial score (nSPS) is 14.5. The van der Waals surface area contributed by atoms with Crippen LogP contribution in [0.25, 0.3) is 56.0 Å². The molecule has 224 valence electrons. The third-order valence-corrected chi connectivity index (χ3v) is 8.81. The molecule has 1 fully saturated rings. The van der Waals surface area contributed by atoms with Gasteiger partial charge in [0, 0.05) is 30.1 Å². The van der Waals surface area contributed by atoms with Crippen molar-refractivity contribution >= 4 is 32.1 Å². The largest absolute Gasteiger partial charge is 0.336 e. The van der Waals surface area contributed by atoms with E-state index >= 15 is 0 Å². The number of nitrogens with zero attached hydrogens (tertiary/aromatic N) is 5. The zero-order chi connectivity index (χ0) is 30.3. The van der Waals surface area contributed by atoms with Crippen LogP contribution >= 0.6 is 0 Å². The number of fused-ring (bicyclic) bond motifs is 2. The zero-order valence-corrected chi connectivity index (χ0v) is 24.7. The van der Waals surface area contributed by atoms with Crippen LogP contribution in [0.4, 0.5) is 4.39 Å². The maximum atomic E-state index is 14.6. The number of likely N-dealkylation sites (tertiary alicyclic amines) is 1. The first-order valence-electron chi connectivity index (χ1n) is 14.6. The molecule has 1 aliphatic rings. The summed E-state index contributed by atoms with van der Waals surface area (Å²) in [6.45, 7) is 3.11. The molecular formula is C32H31FN8O2S. The predicted octanol–water partition coefficient (Wildman–Crippen LogP) is 5.19. The fraction of sp³-hybridized carbons (Fsp3) is 0.250. The third-order valence-electron chi connectivity index (χ3n) is 8.03. The Labute approximate surface area is 253 Å². The molecule has 1 aliphatic heterocycles. The smallest absolute Gasteiger partial charge is 0.209 e. The number of aryl methyl sites for hydroxylation is 1. The molecule has 0 radical (unpaired) electrons. The number of nitrogens with one attached hydrogen (secondary N) is 2. The van der Waals surface area contributed by atoms with E-state index in [2.05, 4.69) is 31.1 Å². The molecule has 0 amide bonds. The van der Waals surface area contributed by atoms with Gasteiger partial charge in [-0.1, -0.05) is 24.6 Å². The van der Waals surface area contributed by atoms with Gasteiger partial charge >= 0.3 is 0 Å². The number of piperidine rings is 1. The SMILES string of the molecule is NS(=O)(=O)CCc1cc(F)cc(-c2cccc3[nH]c(-c4n[nH]c5ccc(-c6cncc(CN7CCCCC7)c6)nc45)nc23)c1. The average Bonchev–Trinajstić information content (AvgIpc) is 3.64. The Kier molecular flexibility index (Phi) is 7.40. The third kappa shape index (κ3) is 5.96. The number of imidazole rings is 1. The van der Waals surface area contributed by atoms with Crippen LogP contribution in [0.15, 0.2) is 67.0 Å². The molecule has 4 aromatic heterocycles. The second-order valence-corrected chi connectivity index (χ2v) is 13.1. The Bertz CT molecular complexity index is 2100. The van der Waals surface area contributed by atoms with Crippen molar-refractivity contribution < 1.29 is 12.8 Å². The van der Waals surface area contributed by atoms with Crippen LogP contribution in [0.2, 0.25) is 0 Å². The maximum absolute atomic E-state index is 14.6. The second kappa shape index (κ2) is 11.5. The van der Waals surface area contributed by atoms with Gasteiger partial charge in [-0.25, -0.2) is 27.9 Å². The standard InChI is InChI=1S/C32H31FN8O2S/c33-24-15-20(9-12-44(34,42)43)13-22(16-24)25-5-4-6-27-29(25)38-32(37-27)31-30-28(39-40-31)8-7-26(36-30)23-14-21(17-35-18-23)19-41-10-2-1-3-11-41/h4-8,13-18H,1-3,9-12,19H2,(H,37,38)(H,39,40)(H2,34,42,43). The number of benzene rings is 2. The minimum Gasteiger partial charge on any atom is -0.336 e. The number of halogens is 1. The second-order valence-electron chi connectivity index (χ2n) is 11.3. The van der Waals surface area contributed by atoms with Crippen LogP contribution < -0.4 is 5.14 Å². The quantitative estimate of drug-likeness (QED) is 0.215. The summed E-state index contributed by atoms with van der Waals surface area (Å²) in [5.74, 6) is -0.220. The van der Waals surface area contributed by atoms with Gasteiger partial charge in [0.05, 0.1) is 28.0 Å². The number of nitrogens with two attached hydrogens (primary N) is 1. The molecule has 0 atom stereocenters. The van der Waals surface area contributed by atoms with E-state index in [4.69, 9.17) is 15.1 Å². The van der Waals surface area contributed by atoms with Crippen LogP contribution in [0.3, 0.4) is 0 Å². The molecule has 0 bridgehead atoms. The van der Waals surface area contributed by atoms with Crippen LogP contribution in [0.1, 0.15) is 30.4 Å². The van der Waals surface area contributed by atoms with E-state index in [1.807, 2.05) is 42.7 Å². The molecule has 44 heavy (non-hydrogen) atoms. The van der Waals surface area contributed by atoms with E-state index < -0.39 is 15.8 Å². The fourth-order valence-electron chi connectivity index (χ4n) is 5.90. The number of para-hydroxylation sites is 1. The average molecular weight is 611 g/mol. The van der Waals surface area contributed by atoms with E-state index in [1.54, 1.807) is 6.07 Å². The van der Waals surface area contributed by atoms with Gasteiger partial charge < -0.3 is 4.98 Å². The number of H-pyrrole nitrogens is 2. The molecule has 0 aliphatic carbocycles. The summed E-state index contributed by atoms with van der Waals surface area (Å²) in [5, 5.41) is 12.8. The van der Waals surface area contributed by atoms with E-state index in [9.17, 15) is 12.8 Å². The highest BCUT2D eigenvalue weighted by Crippen LogP contribution is 2.33. The minimum atomic E-state index is -3.68. The van der Waals surface area contributed by atoms with Gasteiger partial charge in [-0.2, -0.15) is 5.10 Å². The summed E-state index contributed by atoms with van der Waals surface area (Å²) in [6, 6.07) is 16.2. The van der Waals surface area contributed by atoms with Gasteiger partial charge in [0.15, 0.2) is 11.5 Å². The van der Waals surface area contributed by atoms with Crippen LogP contribution in [-0.4, -0.2) is 62.3 Å². The molecule has 2 aromatic carbocycles. The van der Waals surface area contributed by atoms with Crippen molar-refractivity contribution in [2.45, 2.75) is 32.2 Å². The molecule has 0 saturated carbocycles. The van der Waals surface area contributed by atoms with Gasteiger partial charge in [0.1, 0.15) is 11.3 Å². The zero-order valence-electron chi connectivity index (χ0n) is 23.9. The Hall–Kier alpha value is -4.52. The highest BCUT2D eigenvalue weighted by atomic mass is 32.2. The van der Waals surface area contributed by atoms with Gasteiger partial charge in [0.25, 0.3) is 0 Å². The van der Waals surface area contributed by atoms with E-state index in [1.165, 1.54) is 31.4 Å². The molecule has 4 N–H and O–H groups in total. The highest BCUT2D eigenvalue weighted by Gasteiger charge is 2.18. The first-order valence-corrected chi connectivity index (χ1v) is 16.3. The molecular weight excluding hydrogens is 579 g/mol. The maximum Gasteiger partial charge on any atom is 0.209 e. The van der Waals surface area contributed by atoms with E-state index in [0.29, 0.717) is 39.2 Å². The lowest BCUT2D eigenvalue weighted by Gasteiger charge is -2.26. The Balaban J connectivity index is 1.23. The van der Waals surface area contributed by atoms with Crippen LogP contribution in [0, 0.1) is 5.82 Å². The molecule has 0 unspecified atom stereocenters. The molecule has 5 heterocycles. The first-order chi connectivity index (χ1) is 21.3. The number of aromatic amines is 2. The Morgan fingerprint density at radius 1 is 0.886 bits per heavy atom. The molecule has 7 rings (SSSR count). The van der Waals surface area contributed by atoms with Crippen molar-refractivity contribution in [2.24, 2.45) is 5.14 Å². The summed E-state index contributed by atoms with van der Waals surface area (Å²) in [4.78, 5) is 20.2. The van der Waals surface area contributed by atoms with Gasteiger partial charge in [-0.15, -0.1) is 0 Å². The number of hydrogen-bond acceptors (Lipinski definition) is 7. The van der Waals surface area contributed by atoms with Gasteiger partial charge in [0.2, 0.25) is 10.0 Å². The van der Waals surface area contributed by atoms with E-state index in [-0.39, 0.29) is 12.2 Å². The molecule has 10 nitrogen and oxygen atoms in total. The summed E-state index contributed by atoms with van der Waals surface area (Å²) in [5.41, 5.74) is 8.08. The lowest BCUT2D eigenvalue weighted by molar-refractivity contribution is 0.220. The minimum absolute atomic E-state index is 0.106. The van der Waals surface area contributed by atoms with Crippen molar-refractivity contribution in [3.8, 4) is 33.9 Å². The number of hydrogen-bond donors (Lipinski definition) is 3. The first kappa shape index (κ1) is 28.3. The van der Waals surface area contributed by atoms with Crippen molar-refractivity contribution in [3.05, 3.63) is 83.9 Å². The number of pyridine rings is 2. The molecule has 12 heteroatoms. The summed E-state index contributed by atoms with van der Waals surface area (Å²) < 4.78 is 37.6. The van der Waals surface area contributed by atoms with Crippen molar-refractivity contribution in [2.75, 3.05) is 18.8 Å². The molecule has 6 aromatic rings. The van der Waals surface area contributed by atoms with Crippen molar-refractivity contribution in [3.63, 3.8) is 0 Å². The highest BCUT2D eigenvalue weighted by molar-refractivity contribution is 7.89. The topological polar surface area (TPSA) is 147 Å². The van der Waals surface area contributed by atoms with Gasteiger partial charge in [-0.3, -0.25) is 15.0 Å². The molecule has 0 spiro atoms. The van der Waals surface area contributed by atoms with Gasteiger partial charge in [-0.05, 0) is 85.4 Å². The van der Waals surface area contributed by atoms with Crippen molar-refractivity contribution in [1.82, 2.24) is 35.0 Å². The number of primary sulfonamides is 1.